The van der Waals surface area contributed by atoms with Crippen LogP contribution in [0.25, 0.3) is 17.0 Å². The van der Waals surface area contributed by atoms with E-state index in [2.05, 4.69) is 10.3 Å². The number of hydrogen-bond donors (Lipinski definition) is 1. The molecule has 0 aliphatic carbocycles. The molecule has 0 spiro atoms. The molecule has 0 unspecified atom stereocenters. The Labute approximate surface area is 174 Å². The van der Waals surface area contributed by atoms with Crippen LogP contribution >= 0.6 is 0 Å². The molecule has 3 aromatic carbocycles. The van der Waals surface area contributed by atoms with Crippen molar-refractivity contribution < 1.29 is 4.79 Å². The monoisotopic (exact) mass is 395 g/mol. The number of nitrogens with zero attached hydrogens (tertiary/aromatic N) is 2. The Hall–Kier alpha value is -3.99. The van der Waals surface area contributed by atoms with E-state index in [1.807, 2.05) is 67.6 Å². The predicted molar refractivity (Wildman–Crippen MR) is 120 cm³/mol. The number of carbonyl (C=O) groups excluding carboxylic acids is 1. The molecule has 5 heteroatoms. The average molecular weight is 395 g/mol. The van der Waals surface area contributed by atoms with Crippen LogP contribution in [-0.4, -0.2) is 15.5 Å². The van der Waals surface area contributed by atoms with Crippen molar-refractivity contribution in [2.75, 3.05) is 5.32 Å². The number of rotatable bonds is 5. The van der Waals surface area contributed by atoms with Crippen molar-refractivity contribution in [1.82, 2.24) is 9.55 Å². The van der Waals surface area contributed by atoms with Crippen molar-refractivity contribution in [3.8, 4) is 0 Å². The third-order valence-electron chi connectivity index (χ3n) is 4.82. The minimum absolute atomic E-state index is 0.128. The molecule has 0 saturated heterocycles. The lowest BCUT2D eigenvalue weighted by molar-refractivity contribution is -0.111. The van der Waals surface area contributed by atoms with Gasteiger partial charge in [0.15, 0.2) is 0 Å². The number of anilines is 1. The molecule has 4 aromatic rings. The molecular formula is C25H21N3O2. The van der Waals surface area contributed by atoms with Gasteiger partial charge in [0.1, 0.15) is 5.82 Å². The average Bonchev–Trinajstić information content (AvgIpc) is 2.77. The molecule has 5 nitrogen and oxygen atoms in total. The minimum Gasteiger partial charge on any atom is -0.322 e. The normalized spacial score (nSPS) is 11.1. The van der Waals surface area contributed by atoms with Gasteiger partial charge in [0.05, 0.1) is 17.4 Å². The fourth-order valence-corrected chi connectivity index (χ4v) is 3.28. The Morgan fingerprint density at radius 3 is 2.43 bits per heavy atom. The maximum absolute atomic E-state index is 13.1. The van der Waals surface area contributed by atoms with Crippen LogP contribution in [0.5, 0.6) is 0 Å². The summed E-state index contributed by atoms with van der Waals surface area (Å²) in [5.41, 5.74) is 3.00. The van der Waals surface area contributed by atoms with Crippen LogP contribution in [0.1, 0.15) is 17.0 Å². The Bertz CT molecular complexity index is 1280. The lowest BCUT2D eigenvalue weighted by Gasteiger charge is -2.12. The summed E-state index contributed by atoms with van der Waals surface area (Å²) in [4.78, 5) is 29.9. The van der Waals surface area contributed by atoms with E-state index in [1.54, 1.807) is 28.8 Å². The SMILES string of the molecule is Cc1nc2ccc(NC(=O)C=Cc3ccccc3)cc2c(=O)n1Cc1ccccc1. The van der Waals surface area contributed by atoms with Gasteiger partial charge in [-0.1, -0.05) is 60.7 Å². The largest absolute Gasteiger partial charge is 0.322 e. The third kappa shape index (κ3) is 4.36. The molecule has 0 saturated carbocycles. The highest BCUT2D eigenvalue weighted by Gasteiger charge is 2.10. The first-order valence-electron chi connectivity index (χ1n) is 9.69. The number of carbonyl (C=O) groups is 1. The molecule has 0 radical (unpaired) electrons. The summed E-state index contributed by atoms with van der Waals surface area (Å²) in [5.74, 6) is 0.391. The first kappa shape index (κ1) is 19.3. The first-order chi connectivity index (χ1) is 14.6. The number of nitrogens with one attached hydrogen (secondary N) is 1. The minimum atomic E-state index is -0.261. The van der Waals surface area contributed by atoms with Gasteiger partial charge in [0.2, 0.25) is 5.91 Å². The maximum Gasteiger partial charge on any atom is 0.261 e. The van der Waals surface area contributed by atoms with E-state index in [9.17, 15) is 9.59 Å². The van der Waals surface area contributed by atoms with E-state index in [0.29, 0.717) is 29.0 Å². The van der Waals surface area contributed by atoms with Crippen LogP contribution in [0.2, 0.25) is 0 Å². The first-order valence-corrected chi connectivity index (χ1v) is 9.69. The van der Waals surface area contributed by atoms with Gasteiger partial charge in [-0.3, -0.25) is 14.2 Å². The molecule has 0 bridgehead atoms. The smallest absolute Gasteiger partial charge is 0.261 e. The second kappa shape index (κ2) is 8.57. The zero-order valence-corrected chi connectivity index (χ0v) is 16.6. The van der Waals surface area contributed by atoms with Crippen LogP contribution in [-0.2, 0) is 11.3 Å². The van der Waals surface area contributed by atoms with Gasteiger partial charge in [-0.05, 0) is 42.3 Å². The summed E-state index contributed by atoms with van der Waals surface area (Å²) >= 11 is 0. The molecule has 0 aliphatic rings. The molecule has 4 rings (SSSR count). The standard InChI is InChI=1S/C25H21N3O2/c1-18-26-23-14-13-21(27-24(29)15-12-19-8-4-2-5-9-19)16-22(23)25(30)28(18)17-20-10-6-3-7-11-20/h2-16H,17H2,1H3,(H,27,29). The zero-order valence-electron chi connectivity index (χ0n) is 16.6. The lowest BCUT2D eigenvalue weighted by atomic mass is 10.2. The summed E-state index contributed by atoms with van der Waals surface area (Å²) in [6.45, 7) is 2.28. The summed E-state index contributed by atoms with van der Waals surface area (Å²) in [5, 5.41) is 3.29. The van der Waals surface area contributed by atoms with Gasteiger partial charge in [0, 0.05) is 11.8 Å². The van der Waals surface area contributed by atoms with Crippen molar-refractivity contribution in [1.29, 1.82) is 0 Å². The summed E-state index contributed by atoms with van der Waals surface area (Å²) in [6, 6.07) is 24.6. The van der Waals surface area contributed by atoms with Crippen molar-refractivity contribution in [2.24, 2.45) is 0 Å². The molecule has 1 aromatic heterocycles. The Kier molecular flexibility index (Phi) is 5.52. The Morgan fingerprint density at radius 2 is 1.70 bits per heavy atom. The molecule has 30 heavy (non-hydrogen) atoms. The van der Waals surface area contributed by atoms with Crippen LogP contribution < -0.4 is 10.9 Å². The molecule has 0 atom stereocenters. The second-order valence-electron chi connectivity index (χ2n) is 7.00. The molecule has 1 N–H and O–H groups in total. The van der Waals surface area contributed by atoms with Gasteiger partial charge < -0.3 is 5.32 Å². The molecule has 148 valence electrons. The summed E-state index contributed by atoms with van der Waals surface area (Å²) < 4.78 is 1.65. The Balaban J connectivity index is 1.60. The van der Waals surface area contributed by atoms with E-state index in [1.165, 1.54) is 6.08 Å². The summed E-state index contributed by atoms with van der Waals surface area (Å²) in [6.07, 6.45) is 3.22. The van der Waals surface area contributed by atoms with Gasteiger partial charge >= 0.3 is 0 Å². The van der Waals surface area contributed by atoms with E-state index in [0.717, 1.165) is 11.1 Å². The van der Waals surface area contributed by atoms with E-state index in [4.69, 9.17) is 0 Å². The van der Waals surface area contributed by atoms with Crippen LogP contribution in [0.3, 0.4) is 0 Å². The fraction of sp³-hybridized carbons (Fsp3) is 0.0800. The number of hydrogen-bond acceptors (Lipinski definition) is 3. The molecule has 1 heterocycles. The van der Waals surface area contributed by atoms with Crippen LogP contribution in [0.4, 0.5) is 5.69 Å². The third-order valence-corrected chi connectivity index (χ3v) is 4.82. The van der Waals surface area contributed by atoms with Crippen molar-refractivity contribution in [3.63, 3.8) is 0 Å². The van der Waals surface area contributed by atoms with E-state index < -0.39 is 0 Å². The maximum atomic E-state index is 13.1. The van der Waals surface area contributed by atoms with Crippen molar-refractivity contribution in [3.05, 3.63) is 112 Å². The van der Waals surface area contributed by atoms with Gasteiger partial charge in [-0.2, -0.15) is 0 Å². The number of aryl methyl sites for hydroxylation is 1. The second-order valence-corrected chi connectivity index (χ2v) is 7.00. The molecule has 0 aliphatic heterocycles. The number of benzene rings is 3. The van der Waals surface area contributed by atoms with Crippen molar-refractivity contribution >= 4 is 28.6 Å². The topological polar surface area (TPSA) is 64.0 Å². The number of amides is 1. The van der Waals surface area contributed by atoms with E-state index in [-0.39, 0.29) is 11.5 Å². The Morgan fingerprint density at radius 1 is 1.00 bits per heavy atom. The highest BCUT2D eigenvalue weighted by molar-refractivity contribution is 6.02. The van der Waals surface area contributed by atoms with Gasteiger partial charge in [-0.15, -0.1) is 0 Å². The summed E-state index contributed by atoms with van der Waals surface area (Å²) in [7, 11) is 0. The van der Waals surface area contributed by atoms with Crippen LogP contribution in [0, 0.1) is 6.92 Å². The highest BCUT2D eigenvalue weighted by atomic mass is 16.1. The molecule has 1 amide bonds. The quantitative estimate of drug-likeness (QED) is 0.509. The van der Waals surface area contributed by atoms with Gasteiger partial charge in [0.25, 0.3) is 5.56 Å². The fourth-order valence-electron chi connectivity index (χ4n) is 3.28. The zero-order chi connectivity index (χ0) is 20.9. The van der Waals surface area contributed by atoms with Gasteiger partial charge in [-0.25, -0.2) is 4.98 Å². The molecule has 0 fully saturated rings. The lowest BCUT2D eigenvalue weighted by Crippen LogP contribution is -2.24. The number of aromatic nitrogens is 2. The highest BCUT2D eigenvalue weighted by Crippen LogP contribution is 2.16. The predicted octanol–water partition coefficient (Wildman–Crippen LogP) is 4.41. The van der Waals surface area contributed by atoms with Crippen LogP contribution in [0.15, 0.2) is 89.7 Å². The van der Waals surface area contributed by atoms with E-state index >= 15 is 0 Å². The molecular weight excluding hydrogens is 374 g/mol. The number of fused-ring (bicyclic) bond motifs is 1. The van der Waals surface area contributed by atoms with Crippen molar-refractivity contribution in [2.45, 2.75) is 13.5 Å².